The van der Waals surface area contributed by atoms with Gasteiger partial charge in [0.25, 0.3) is 5.91 Å². The fraction of sp³-hybridized carbons (Fsp3) is 0.130. The van der Waals surface area contributed by atoms with E-state index in [-0.39, 0.29) is 12.5 Å². The van der Waals surface area contributed by atoms with E-state index in [1.807, 2.05) is 48.0 Å². The largest absolute Gasteiger partial charge is 0.493 e. The van der Waals surface area contributed by atoms with Crippen molar-refractivity contribution in [1.82, 2.24) is 19.5 Å². The number of hydrogen-bond donors (Lipinski definition) is 2. The van der Waals surface area contributed by atoms with Gasteiger partial charge in [0.15, 0.2) is 18.1 Å². The summed E-state index contributed by atoms with van der Waals surface area (Å²) in [7, 11) is 1.55. The lowest BCUT2D eigenvalue weighted by Gasteiger charge is -2.11. The third kappa shape index (κ3) is 5.20. The van der Waals surface area contributed by atoms with E-state index in [1.54, 1.807) is 43.9 Å². The summed E-state index contributed by atoms with van der Waals surface area (Å²) in [6, 6.07) is 16.3. The van der Waals surface area contributed by atoms with Crippen molar-refractivity contribution in [2.75, 3.05) is 24.4 Å². The normalized spacial score (nSPS) is 10.4. The molecular weight excluding hydrogens is 408 g/mol. The van der Waals surface area contributed by atoms with Crippen LogP contribution in [0.1, 0.15) is 5.82 Å². The Bertz CT molecular complexity index is 1190. The van der Waals surface area contributed by atoms with Crippen LogP contribution < -0.4 is 20.1 Å². The average Bonchev–Trinajstić information content (AvgIpc) is 3.34. The van der Waals surface area contributed by atoms with Gasteiger partial charge in [-0.2, -0.15) is 0 Å². The molecule has 9 nitrogen and oxygen atoms in total. The molecule has 2 aromatic carbocycles. The van der Waals surface area contributed by atoms with E-state index in [4.69, 9.17) is 9.47 Å². The average molecular weight is 430 g/mol. The van der Waals surface area contributed by atoms with Crippen molar-refractivity contribution in [3.05, 3.63) is 79.1 Å². The molecule has 0 spiro atoms. The molecule has 2 heterocycles. The highest BCUT2D eigenvalue weighted by atomic mass is 16.5. The van der Waals surface area contributed by atoms with E-state index in [1.165, 1.54) is 0 Å². The molecule has 0 unspecified atom stereocenters. The molecule has 4 rings (SSSR count). The van der Waals surface area contributed by atoms with Gasteiger partial charge in [-0.25, -0.2) is 15.0 Å². The van der Waals surface area contributed by atoms with Crippen molar-refractivity contribution in [3.63, 3.8) is 0 Å². The van der Waals surface area contributed by atoms with Crippen LogP contribution in [0.3, 0.4) is 0 Å². The van der Waals surface area contributed by atoms with E-state index in [0.717, 1.165) is 11.5 Å². The predicted octanol–water partition coefficient (Wildman–Crippen LogP) is 3.74. The molecule has 0 aliphatic heterocycles. The first-order valence-electron chi connectivity index (χ1n) is 9.87. The Balaban J connectivity index is 1.36. The summed E-state index contributed by atoms with van der Waals surface area (Å²) in [5.74, 6) is 2.83. The Labute approximate surface area is 185 Å². The number of aromatic nitrogens is 4. The molecule has 2 N–H and O–H groups in total. The maximum absolute atomic E-state index is 12.2. The van der Waals surface area contributed by atoms with Gasteiger partial charge in [-0.15, -0.1) is 0 Å². The number of amides is 1. The smallest absolute Gasteiger partial charge is 0.262 e. The first-order valence-corrected chi connectivity index (χ1v) is 9.87. The van der Waals surface area contributed by atoms with Crippen molar-refractivity contribution in [1.29, 1.82) is 0 Å². The highest BCUT2D eigenvalue weighted by Gasteiger charge is 2.08. The van der Waals surface area contributed by atoms with E-state index >= 15 is 0 Å². The summed E-state index contributed by atoms with van der Waals surface area (Å²) in [6.07, 6.45) is 5.19. The minimum absolute atomic E-state index is 0.127. The second-order valence-electron chi connectivity index (χ2n) is 6.82. The van der Waals surface area contributed by atoms with Crippen LogP contribution >= 0.6 is 0 Å². The number of anilines is 3. The third-order valence-electron chi connectivity index (χ3n) is 4.46. The van der Waals surface area contributed by atoms with Gasteiger partial charge in [0.2, 0.25) is 0 Å². The van der Waals surface area contributed by atoms with E-state index in [2.05, 4.69) is 25.6 Å². The first kappa shape index (κ1) is 20.9. The van der Waals surface area contributed by atoms with E-state index in [0.29, 0.717) is 28.8 Å². The fourth-order valence-corrected chi connectivity index (χ4v) is 3.01. The molecule has 1 amide bonds. The summed E-state index contributed by atoms with van der Waals surface area (Å²) >= 11 is 0. The number of hydrogen-bond acceptors (Lipinski definition) is 7. The van der Waals surface area contributed by atoms with Crippen LogP contribution in [-0.4, -0.2) is 39.1 Å². The van der Waals surface area contributed by atoms with Crippen LogP contribution in [0, 0.1) is 6.92 Å². The number of carbonyl (C=O) groups excluding carboxylic acids is 1. The number of imidazole rings is 1. The van der Waals surface area contributed by atoms with Gasteiger partial charge >= 0.3 is 0 Å². The van der Waals surface area contributed by atoms with Gasteiger partial charge in [0.1, 0.15) is 23.8 Å². The van der Waals surface area contributed by atoms with Gasteiger partial charge in [0, 0.05) is 29.8 Å². The second kappa shape index (κ2) is 9.61. The van der Waals surface area contributed by atoms with Crippen LogP contribution in [0.2, 0.25) is 0 Å². The Morgan fingerprint density at radius 3 is 2.50 bits per heavy atom. The molecule has 0 radical (unpaired) electrons. The van der Waals surface area contributed by atoms with Crippen molar-refractivity contribution < 1.29 is 14.3 Å². The first-order chi connectivity index (χ1) is 15.6. The summed E-state index contributed by atoms with van der Waals surface area (Å²) in [5.41, 5.74) is 1.48. The van der Waals surface area contributed by atoms with Gasteiger partial charge in [-0.1, -0.05) is 12.1 Å². The maximum atomic E-state index is 12.2. The molecular formula is C23H22N6O3. The second-order valence-corrected chi connectivity index (χ2v) is 6.82. The van der Waals surface area contributed by atoms with Crippen LogP contribution in [0.15, 0.2) is 73.3 Å². The zero-order chi connectivity index (χ0) is 22.3. The molecule has 0 aliphatic carbocycles. The van der Waals surface area contributed by atoms with Crippen LogP contribution in [0.25, 0.3) is 5.82 Å². The molecule has 0 saturated heterocycles. The van der Waals surface area contributed by atoms with E-state index in [9.17, 15) is 4.79 Å². The standard InChI is InChI=1S/C23H22N6O3/c1-16-25-21(13-22(26-16)29-12-11-24-15-29)27-17-7-9-18(10-8-17)28-23(30)14-32-20-6-4-3-5-19(20)31-2/h3-13,15H,14H2,1-2H3,(H,28,30)(H,25,26,27). The lowest BCUT2D eigenvalue weighted by Crippen LogP contribution is -2.20. The molecule has 162 valence electrons. The molecule has 2 aromatic heterocycles. The van der Waals surface area contributed by atoms with Gasteiger partial charge in [-0.05, 0) is 43.3 Å². The predicted molar refractivity (Wildman–Crippen MR) is 121 cm³/mol. The lowest BCUT2D eigenvalue weighted by atomic mass is 10.2. The molecule has 0 aliphatic rings. The molecule has 0 atom stereocenters. The number of nitrogens with zero attached hydrogens (tertiary/aromatic N) is 4. The van der Waals surface area contributed by atoms with Crippen LogP contribution in [0.4, 0.5) is 17.2 Å². The number of carbonyl (C=O) groups is 1. The minimum atomic E-state index is -0.270. The number of ether oxygens (including phenoxy) is 2. The quantitative estimate of drug-likeness (QED) is 0.439. The van der Waals surface area contributed by atoms with Gasteiger partial charge < -0.3 is 20.1 Å². The molecule has 32 heavy (non-hydrogen) atoms. The van der Waals surface area contributed by atoms with Gasteiger partial charge in [0.05, 0.1) is 7.11 Å². The molecule has 9 heteroatoms. The number of rotatable bonds is 8. The van der Waals surface area contributed by atoms with Crippen molar-refractivity contribution in [3.8, 4) is 17.3 Å². The fourth-order valence-electron chi connectivity index (χ4n) is 3.01. The third-order valence-corrected chi connectivity index (χ3v) is 4.46. The van der Waals surface area contributed by atoms with Crippen molar-refractivity contribution in [2.24, 2.45) is 0 Å². The number of benzene rings is 2. The molecule has 0 bridgehead atoms. The molecule has 0 saturated carbocycles. The number of aryl methyl sites for hydroxylation is 1. The Hall–Kier alpha value is -4.40. The molecule has 4 aromatic rings. The Kier molecular flexibility index (Phi) is 6.26. The summed E-state index contributed by atoms with van der Waals surface area (Å²) in [4.78, 5) is 25.1. The van der Waals surface area contributed by atoms with Gasteiger partial charge in [-0.3, -0.25) is 9.36 Å². The zero-order valence-electron chi connectivity index (χ0n) is 17.6. The number of nitrogens with one attached hydrogen (secondary N) is 2. The zero-order valence-corrected chi connectivity index (χ0v) is 17.6. The van der Waals surface area contributed by atoms with Crippen LogP contribution in [0.5, 0.6) is 11.5 Å². The Morgan fingerprint density at radius 1 is 1.03 bits per heavy atom. The minimum Gasteiger partial charge on any atom is -0.493 e. The van der Waals surface area contributed by atoms with E-state index < -0.39 is 0 Å². The molecule has 0 fully saturated rings. The SMILES string of the molecule is COc1ccccc1OCC(=O)Nc1ccc(Nc2cc(-n3ccnc3)nc(C)n2)cc1. The number of methoxy groups -OCH3 is 1. The van der Waals surface area contributed by atoms with Crippen LogP contribution in [-0.2, 0) is 4.79 Å². The highest BCUT2D eigenvalue weighted by Crippen LogP contribution is 2.25. The topological polar surface area (TPSA) is 103 Å². The summed E-state index contributed by atoms with van der Waals surface area (Å²) in [6.45, 7) is 1.70. The highest BCUT2D eigenvalue weighted by molar-refractivity contribution is 5.92. The lowest BCUT2D eigenvalue weighted by molar-refractivity contribution is -0.118. The van der Waals surface area contributed by atoms with Crippen molar-refractivity contribution in [2.45, 2.75) is 6.92 Å². The maximum Gasteiger partial charge on any atom is 0.262 e. The summed E-state index contributed by atoms with van der Waals surface area (Å²) in [5, 5.41) is 6.06. The van der Waals surface area contributed by atoms with Crippen molar-refractivity contribution >= 4 is 23.1 Å². The Morgan fingerprint density at radius 2 is 1.78 bits per heavy atom. The summed E-state index contributed by atoms with van der Waals surface area (Å²) < 4.78 is 12.6. The number of para-hydroxylation sites is 2. The monoisotopic (exact) mass is 430 g/mol.